The van der Waals surface area contributed by atoms with Crippen LogP contribution in [0.25, 0.3) is 0 Å². The number of carbonyl (C=O) groups is 1. The SMILES string of the molecule is CC/C=C\C/C=C\C/C=C\C/C=C\C/C=C\C/C=C\CCCCCCCCCCCCCCCCCCC(=O)NC(COC1OC(CO)C(OC2OC(CO)C(OC3OC(CO)C(O)C(O)C3O)C(O)C2O)C(O)C1O)C(O)/C=C/CC/C=C/CCCCCCCCCCCCCCCCCCCCCCCCCCCCC. The van der Waals surface area contributed by atoms with Crippen LogP contribution in [-0.4, -0.2) is 193 Å². The molecule has 0 aromatic heterocycles. The first kappa shape index (κ1) is 104. The molecule has 3 aliphatic heterocycles. The minimum Gasteiger partial charge on any atom is -0.394 e. The highest BCUT2D eigenvalue weighted by Crippen LogP contribution is 2.34. The number of aliphatic hydroxyl groups is 11. The molecule has 113 heavy (non-hydrogen) atoms. The van der Waals surface area contributed by atoms with Gasteiger partial charge in [0, 0.05) is 6.42 Å². The normalized spacial score (nSPS) is 25.3. The minimum absolute atomic E-state index is 0.232. The minimum atomic E-state index is -1.99. The second-order valence-corrected chi connectivity index (χ2v) is 32.4. The first-order chi connectivity index (χ1) is 55.3. The zero-order chi connectivity index (χ0) is 81.7. The van der Waals surface area contributed by atoms with Crippen molar-refractivity contribution in [1.29, 1.82) is 0 Å². The summed E-state index contributed by atoms with van der Waals surface area (Å²) < 4.78 is 34.5. The molecule has 0 aromatic carbocycles. The maximum atomic E-state index is 13.5. The molecular weight excluding hydrogens is 1430 g/mol. The quantitative estimate of drug-likeness (QED) is 0.0199. The lowest BCUT2D eigenvalue weighted by Crippen LogP contribution is -2.66. The number of amides is 1. The van der Waals surface area contributed by atoms with E-state index in [9.17, 15) is 61.0 Å². The highest BCUT2D eigenvalue weighted by atomic mass is 16.8. The van der Waals surface area contributed by atoms with Gasteiger partial charge in [-0.1, -0.05) is 368 Å². The Labute approximate surface area is 685 Å². The summed E-state index contributed by atoms with van der Waals surface area (Å²) in [6.07, 6.45) is 74.2. The number of unbranched alkanes of at least 4 members (excludes halogenated alkanes) is 44. The molecule has 3 rings (SSSR count). The smallest absolute Gasteiger partial charge is 0.220 e. The van der Waals surface area contributed by atoms with E-state index in [4.69, 9.17) is 28.4 Å². The van der Waals surface area contributed by atoms with E-state index in [0.29, 0.717) is 12.8 Å². The van der Waals surface area contributed by atoms with E-state index in [1.807, 2.05) is 6.08 Å². The number of carbonyl (C=O) groups excluding carboxylic acids is 1. The Hall–Kier alpha value is -3.29. The average molecular weight is 1600 g/mol. The maximum absolute atomic E-state index is 13.5. The number of rotatable bonds is 74. The Morgan fingerprint density at radius 3 is 0.991 bits per heavy atom. The molecule has 0 spiro atoms. The molecule has 656 valence electrons. The van der Waals surface area contributed by atoms with Crippen LogP contribution < -0.4 is 5.32 Å². The first-order valence-corrected chi connectivity index (χ1v) is 46.0. The van der Waals surface area contributed by atoms with Gasteiger partial charge in [0.25, 0.3) is 0 Å². The van der Waals surface area contributed by atoms with E-state index < -0.39 is 124 Å². The van der Waals surface area contributed by atoms with Crippen molar-refractivity contribution in [1.82, 2.24) is 5.32 Å². The Morgan fingerprint density at radius 2 is 0.619 bits per heavy atom. The van der Waals surface area contributed by atoms with Gasteiger partial charge in [-0.25, -0.2) is 0 Å². The van der Waals surface area contributed by atoms with Crippen molar-refractivity contribution < 1.29 is 89.4 Å². The lowest BCUT2D eigenvalue weighted by molar-refractivity contribution is -0.379. The number of hydrogen-bond donors (Lipinski definition) is 12. The third kappa shape index (κ3) is 51.1. The highest BCUT2D eigenvalue weighted by molar-refractivity contribution is 5.76. The van der Waals surface area contributed by atoms with Crippen LogP contribution in [0.15, 0.2) is 97.2 Å². The van der Waals surface area contributed by atoms with Crippen molar-refractivity contribution in [3.05, 3.63) is 97.2 Å². The monoisotopic (exact) mass is 1600 g/mol. The van der Waals surface area contributed by atoms with Gasteiger partial charge in [0.05, 0.1) is 38.6 Å². The summed E-state index contributed by atoms with van der Waals surface area (Å²) in [6.45, 7) is 1.65. The Morgan fingerprint density at radius 1 is 0.327 bits per heavy atom. The third-order valence-electron chi connectivity index (χ3n) is 22.4. The van der Waals surface area contributed by atoms with Gasteiger partial charge in [0.1, 0.15) is 73.2 Å². The molecule has 0 radical (unpaired) electrons. The molecule has 1 amide bonds. The van der Waals surface area contributed by atoms with Crippen LogP contribution in [0.3, 0.4) is 0 Å². The van der Waals surface area contributed by atoms with Crippen molar-refractivity contribution in [3.63, 3.8) is 0 Å². The molecule has 0 saturated carbocycles. The lowest BCUT2D eigenvalue weighted by Gasteiger charge is -2.48. The second-order valence-electron chi connectivity index (χ2n) is 32.4. The largest absolute Gasteiger partial charge is 0.394 e. The molecule has 3 saturated heterocycles. The van der Waals surface area contributed by atoms with E-state index in [1.165, 1.54) is 250 Å². The predicted molar refractivity (Wildman–Crippen MR) is 457 cm³/mol. The van der Waals surface area contributed by atoms with Gasteiger partial charge in [0.2, 0.25) is 5.91 Å². The van der Waals surface area contributed by atoms with Crippen LogP contribution in [0.1, 0.15) is 361 Å². The summed E-state index contributed by atoms with van der Waals surface area (Å²) in [4.78, 5) is 13.5. The number of nitrogens with one attached hydrogen (secondary N) is 1. The molecule has 3 aliphatic rings. The van der Waals surface area contributed by atoms with Gasteiger partial charge in [0.15, 0.2) is 18.9 Å². The molecule has 12 N–H and O–H groups in total. The van der Waals surface area contributed by atoms with E-state index in [1.54, 1.807) is 6.08 Å². The van der Waals surface area contributed by atoms with Crippen molar-refractivity contribution >= 4 is 5.91 Å². The van der Waals surface area contributed by atoms with Gasteiger partial charge < -0.3 is 89.9 Å². The van der Waals surface area contributed by atoms with Crippen LogP contribution in [0.4, 0.5) is 0 Å². The fourth-order valence-electron chi connectivity index (χ4n) is 15.1. The van der Waals surface area contributed by atoms with Crippen molar-refractivity contribution in [2.45, 2.75) is 465 Å². The zero-order valence-electron chi connectivity index (χ0n) is 70.8. The van der Waals surface area contributed by atoms with E-state index >= 15 is 0 Å². The van der Waals surface area contributed by atoms with Crippen LogP contribution >= 0.6 is 0 Å². The van der Waals surface area contributed by atoms with Crippen LogP contribution in [0.2, 0.25) is 0 Å². The van der Waals surface area contributed by atoms with E-state index in [-0.39, 0.29) is 18.9 Å². The van der Waals surface area contributed by atoms with E-state index in [0.717, 1.165) is 77.0 Å². The Balaban J connectivity index is 1.33. The van der Waals surface area contributed by atoms with Gasteiger partial charge >= 0.3 is 0 Å². The summed E-state index contributed by atoms with van der Waals surface area (Å²) in [7, 11) is 0. The molecule has 0 aromatic rings. The van der Waals surface area contributed by atoms with Crippen LogP contribution in [0, 0.1) is 0 Å². The van der Waals surface area contributed by atoms with E-state index in [2.05, 4.69) is 104 Å². The second kappa shape index (κ2) is 72.7. The number of allylic oxidation sites excluding steroid dienone is 15. The molecule has 0 bridgehead atoms. The van der Waals surface area contributed by atoms with Crippen molar-refractivity contribution in [2.24, 2.45) is 0 Å². The van der Waals surface area contributed by atoms with Gasteiger partial charge in [-0.15, -0.1) is 0 Å². The standard InChI is InChI=1S/C94H167NO18/c1-3-5-7-9-11-13-15-17-19-21-23-25-27-29-31-33-35-37-38-40-42-44-46-48-50-52-54-56-58-60-62-64-66-68-70-72-82(100)95-77(78(99)71-69-67-65-63-61-59-57-55-53-51-49-47-45-43-41-39-36-34-32-30-28-26-24-22-20-18-16-14-12-10-8-6-4-2)76-108-92-88(106)85(103)90(80(74-97)110-92)113-94-89(107)86(104)91(81(75-98)111-94)112-93-87(105)84(102)83(101)79(73-96)109-93/h5,7,11,13,17,19,23,25,29,31,35,37,61,63,69,71,77-81,83-94,96-99,101-107H,3-4,6,8-10,12,14-16,18,20-22,24,26-28,30,32-34,36,38-60,62,64-68,70,72-76H2,1-2H3,(H,95,100)/b7-5-,13-11-,19-17-,25-23-,31-29-,37-35-,63-61+,71-69+. The molecular formula is C94H167NO18. The predicted octanol–water partition coefficient (Wildman–Crippen LogP) is 17.9. The van der Waals surface area contributed by atoms with Gasteiger partial charge in [-0.2, -0.15) is 0 Å². The molecule has 3 heterocycles. The zero-order valence-corrected chi connectivity index (χ0v) is 70.8. The maximum Gasteiger partial charge on any atom is 0.220 e. The summed E-state index contributed by atoms with van der Waals surface area (Å²) in [5.74, 6) is -0.283. The molecule has 17 atom stereocenters. The number of hydrogen-bond acceptors (Lipinski definition) is 18. The number of ether oxygens (including phenoxy) is 6. The van der Waals surface area contributed by atoms with Gasteiger partial charge in [-0.05, 0) is 83.5 Å². The molecule has 19 heteroatoms. The molecule has 17 unspecified atom stereocenters. The Bertz CT molecular complexity index is 2420. The lowest BCUT2D eigenvalue weighted by atomic mass is 9.96. The number of aliphatic hydroxyl groups excluding tert-OH is 11. The summed E-state index contributed by atoms with van der Waals surface area (Å²) >= 11 is 0. The third-order valence-corrected chi connectivity index (χ3v) is 22.4. The molecule has 0 aliphatic carbocycles. The van der Waals surface area contributed by atoms with Gasteiger partial charge in [-0.3, -0.25) is 4.79 Å². The van der Waals surface area contributed by atoms with Crippen molar-refractivity contribution in [2.75, 3.05) is 26.4 Å². The highest BCUT2D eigenvalue weighted by Gasteiger charge is 2.54. The Kier molecular flexibility index (Phi) is 66.8. The summed E-state index contributed by atoms with van der Waals surface area (Å²) in [6, 6.07) is -0.997. The molecule has 19 nitrogen and oxygen atoms in total. The fraction of sp³-hybridized carbons (Fsp3) is 0.819. The topological polar surface area (TPSA) is 307 Å². The molecule has 3 fully saturated rings. The van der Waals surface area contributed by atoms with Crippen LogP contribution in [0.5, 0.6) is 0 Å². The average Bonchev–Trinajstić information content (AvgIpc) is 0.780. The van der Waals surface area contributed by atoms with Crippen molar-refractivity contribution in [3.8, 4) is 0 Å². The van der Waals surface area contributed by atoms with Crippen LogP contribution in [-0.2, 0) is 33.2 Å². The summed E-state index contributed by atoms with van der Waals surface area (Å²) in [5.41, 5.74) is 0. The summed E-state index contributed by atoms with van der Waals surface area (Å²) in [5, 5.41) is 121. The fourth-order valence-corrected chi connectivity index (χ4v) is 15.1. The first-order valence-electron chi connectivity index (χ1n) is 46.0.